The molecule has 0 aromatic carbocycles. The summed E-state index contributed by atoms with van der Waals surface area (Å²) in [5.41, 5.74) is 1.75. The van der Waals surface area contributed by atoms with E-state index in [4.69, 9.17) is 0 Å². The molecule has 2 heterocycles. The van der Waals surface area contributed by atoms with Crippen molar-refractivity contribution >= 4 is 23.3 Å². The largest absolute Gasteiger partial charge is 0.306 e. The summed E-state index contributed by atoms with van der Waals surface area (Å²) >= 11 is 1.13. The summed E-state index contributed by atoms with van der Waals surface area (Å²) in [4.78, 5) is 12.7. The number of carbonyl (C=O) groups is 1. The van der Waals surface area contributed by atoms with Crippen molar-refractivity contribution in [3.63, 3.8) is 0 Å². The molecule has 0 radical (unpaired) electrons. The van der Waals surface area contributed by atoms with Crippen LogP contribution in [-0.4, -0.2) is 25.7 Å². The highest BCUT2D eigenvalue weighted by atomic mass is 32.1. The highest BCUT2D eigenvalue weighted by molar-refractivity contribution is 7.08. The maximum absolute atomic E-state index is 12.1. The molecule has 0 saturated heterocycles. The van der Waals surface area contributed by atoms with E-state index in [2.05, 4.69) is 25.1 Å². The highest BCUT2D eigenvalue weighted by Crippen LogP contribution is 2.17. The number of aryl methyl sites for hydroxylation is 2. The number of rotatable bonds is 5. The number of hydrogen-bond acceptors (Lipinski definition) is 5. The second kappa shape index (κ2) is 5.72. The van der Waals surface area contributed by atoms with E-state index in [9.17, 15) is 4.79 Å². The van der Waals surface area contributed by atoms with Crippen LogP contribution in [0.2, 0.25) is 0 Å². The van der Waals surface area contributed by atoms with Gasteiger partial charge in [-0.05, 0) is 24.4 Å². The molecule has 0 aliphatic heterocycles. The number of carbonyl (C=O) groups excluding carboxylic acids is 1. The predicted octanol–water partition coefficient (Wildman–Crippen LogP) is 2.03. The van der Waals surface area contributed by atoms with Crippen molar-refractivity contribution in [3.8, 4) is 0 Å². The molecule has 18 heavy (non-hydrogen) atoms. The van der Waals surface area contributed by atoms with E-state index in [-0.39, 0.29) is 5.91 Å². The Balaban J connectivity index is 2.14. The lowest BCUT2D eigenvalue weighted by Gasteiger charge is -2.03. The third-order valence-corrected chi connectivity index (χ3v) is 3.35. The maximum atomic E-state index is 12.1. The number of hydrogen-bond donors (Lipinski definition) is 2. The Morgan fingerprint density at radius 1 is 1.50 bits per heavy atom. The number of H-pyrrole nitrogens is 1. The average molecular weight is 265 g/mol. The summed E-state index contributed by atoms with van der Waals surface area (Å²) in [6.07, 6.45) is 4.24. The minimum atomic E-state index is -0.174. The molecule has 2 aromatic rings. The molecule has 0 spiro atoms. The Morgan fingerprint density at radius 2 is 2.33 bits per heavy atom. The van der Waals surface area contributed by atoms with Gasteiger partial charge in [0.2, 0.25) is 0 Å². The van der Waals surface area contributed by atoms with E-state index in [0.717, 1.165) is 42.1 Å². The fourth-order valence-corrected chi connectivity index (χ4v) is 2.24. The number of aromatic nitrogens is 4. The number of nitrogens with one attached hydrogen (secondary N) is 2. The molecule has 2 aromatic heterocycles. The SMILES string of the molecule is CCCc1nnsc1C(=O)Nc1[nH]ncc1CC. The Morgan fingerprint density at radius 3 is 3.06 bits per heavy atom. The lowest BCUT2D eigenvalue weighted by atomic mass is 10.2. The molecule has 0 unspecified atom stereocenters. The number of nitrogens with zero attached hydrogens (tertiary/aromatic N) is 3. The zero-order valence-corrected chi connectivity index (χ0v) is 11.2. The molecule has 0 bridgehead atoms. The van der Waals surface area contributed by atoms with Crippen LogP contribution in [0.1, 0.15) is 41.2 Å². The van der Waals surface area contributed by atoms with Gasteiger partial charge in [-0.15, -0.1) is 5.10 Å². The first kappa shape index (κ1) is 12.7. The first-order valence-electron chi connectivity index (χ1n) is 5.91. The van der Waals surface area contributed by atoms with Crippen molar-refractivity contribution in [2.75, 3.05) is 5.32 Å². The highest BCUT2D eigenvalue weighted by Gasteiger charge is 2.17. The van der Waals surface area contributed by atoms with Gasteiger partial charge in [0.1, 0.15) is 10.7 Å². The second-order valence-corrected chi connectivity index (χ2v) is 4.63. The summed E-state index contributed by atoms with van der Waals surface area (Å²) < 4.78 is 3.84. The van der Waals surface area contributed by atoms with Gasteiger partial charge in [0.05, 0.1) is 11.9 Å². The molecule has 0 saturated carbocycles. The van der Waals surface area contributed by atoms with Crippen LogP contribution in [0.15, 0.2) is 6.20 Å². The van der Waals surface area contributed by atoms with Crippen LogP contribution in [0.25, 0.3) is 0 Å². The second-order valence-electron chi connectivity index (χ2n) is 3.88. The quantitative estimate of drug-likeness (QED) is 0.866. The maximum Gasteiger partial charge on any atom is 0.270 e. The fourth-order valence-electron chi connectivity index (χ4n) is 1.64. The minimum Gasteiger partial charge on any atom is -0.306 e. The molecular weight excluding hydrogens is 250 g/mol. The average Bonchev–Trinajstić information content (AvgIpc) is 2.98. The van der Waals surface area contributed by atoms with Crippen molar-refractivity contribution in [1.29, 1.82) is 0 Å². The van der Waals surface area contributed by atoms with Crippen molar-refractivity contribution < 1.29 is 4.79 Å². The van der Waals surface area contributed by atoms with Gasteiger partial charge in [-0.3, -0.25) is 9.89 Å². The van der Waals surface area contributed by atoms with E-state index in [1.54, 1.807) is 6.20 Å². The van der Waals surface area contributed by atoms with Crippen molar-refractivity contribution in [1.82, 2.24) is 19.8 Å². The van der Waals surface area contributed by atoms with Crippen LogP contribution in [0.5, 0.6) is 0 Å². The van der Waals surface area contributed by atoms with Gasteiger partial charge in [0.15, 0.2) is 0 Å². The lowest BCUT2D eigenvalue weighted by Crippen LogP contribution is -2.13. The zero-order chi connectivity index (χ0) is 13.0. The smallest absolute Gasteiger partial charge is 0.270 e. The molecule has 7 heteroatoms. The number of aromatic amines is 1. The molecule has 2 rings (SSSR count). The Kier molecular flexibility index (Phi) is 4.03. The van der Waals surface area contributed by atoms with Crippen LogP contribution in [0.4, 0.5) is 5.82 Å². The third-order valence-electron chi connectivity index (χ3n) is 2.59. The summed E-state index contributed by atoms with van der Waals surface area (Å²) in [5, 5.41) is 13.5. The monoisotopic (exact) mass is 265 g/mol. The molecule has 0 atom stereocenters. The normalized spacial score (nSPS) is 10.6. The predicted molar refractivity (Wildman–Crippen MR) is 69.8 cm³/mol. The summed E-state index contributed by atoms with van der Waals surface area (Å²) in [6, 6.07) is 0. The Hall–Kier alpha value is -1.76. The summed E-state index contributed by atoms with van der Waals surface area (Å²) in [5.74, 6) is 0.478. The van der Waals surface area contributed by atoms with Gasteiger partial charge >= 0.3 is 0 Å². The van der Waals surface area contributed by atoms with E-state index in [1.807, 2.05) is 13.8 Å². The zero-order valence-electron chi connectivity index (χ0n) is 10.4. The minimum absolute atomic E-state index is 0.174. The Bertz CT molecular complexity index is 533. The van der Waals surface area contributed by atoms with Crippen molar-refractivity contribution in [2.24, 2.45) is 0 Å². The molecule has 96 valence electrons. The van der Waals surface area contributed by atoms with E-state index in [0.29, 0.717) is 10.7 Å². The molecule has 1 amide bonds. The topological polar surface area (TPSA) is 83.6 Å². The van der Waals surface area contributed by atoms with Gasteiger partial charge in [0.25, 0.3) is 5.91 Å². The number of amides is 1. The molecule has 0 aliphatic carbocycles. The van der Waals surface area contributed by atoms with Crippen LogP contribution in [0.3, 0.4) is 0 Å². The van der Waals surface area contributed by atoms with Crippen LogP contribution in [-0.2, 0) is 12.8 Å². The standard InChI is InChI=1S/C11H15N5OS/c1-3-5-8-9(18-16-14-8)11(17)13-10-7(4-2)6-12-15-10/h6H,3-5H2,1-2H3,(H2,12,13,15,17). The molecule has 2 N–H and O–H groups in total. The van der Waals surface area contributed by atoms with Crippen LogP contribution < -0.4 is 5.32 Å². The first-order chi connectivity index (χ1) is 8.76. The summed E-state index contributed by atoms with van der Waals surface area (Å²) in [6.45, 7) is 4.06. The molecule has 0 fully saturated rings. The van der Waals surface area contributed by atoms with Crippen molar-refractivity contribution in [3.05, 3.63) is 22.3 Å². The van der Waals surface area contributed by atoms with E-state index >= 15 is 0 Å². The van der Waals surface area contributed by atoms with Gasteiger partial charge in [-0.25, -0.2) is 0 Å². The van der Waals surface area contributed by atoms with Crippen molar-refractivity contribution in [2.45, 2.75) is 33.1 Å². The molecule has 6 nitrogen and oxygen atoms in total. The van der Waals surface area contributed by atoms with E-state index < -0.39 is 0 Å². The molecule has 0 aliphatic rings. The fraction of sp³-hybridized carbons (Fsp3) is 0.455. The Labute approximate surface area is 109 Å². The van der Waals surface area contributed by atoms with Crippen LogP contribution in [0, 0.1) is 0 Å². The third kappa shape index (κ3) is 2.56. The summed E-state index contributed by atoms with van der Waals surface area (Å²) in [7, 11) is 0. The first-order valence-corrected chi connectivity index (χ1v) is 6.68. The van der Waals surface area contributed by atoms with Gasteiger partial charge in [0, 0.05) is 5.56 Å². The van der Waals surface area contributed by atoms with Gasteiger partial charge in [-0.2, -0.15) is 5.10 Å². The number of anilines is 1. The van der Waals surface area contributed by atoms with Crippen LogP contribution >= 0.6 is 11.5 Å². The van der Waals surface area contributed by atoms with Gasteiger partial charge < -0.3 is 5.32 Å². The van der Waals surface area contributed by atoms with E-state index in [1.165, 1.54) is 0 Å². The van der Waals surface area contributed by atoms with Gasteiger partial charge in [-0.1, -0.05) is 24.8 Å². The molecular formula is C11H15N5OS. The lowest BCUT2D eigenvalue weighted by molar-refractivity contribution is 0.102.